The van der Waals surface area contributed by atoms with Crippen LogP contribution in [0.2, 0.25) is 0 Å². The van der Waals surface area contributed by atoms with Crippen LogP contribution < -0.4 is 0 Å². The molecule has 2 aliphatic heterocycles. The lowest BCUT2D eigenvalue weighted by Crippen LogP contribution is -2.58. The topological polar surface area (TPSA) is 156 Å². The van der Waals surface area contributed by atoms with Gasteiger partial charge in [0.15, 0.2) is 17.5 Å². The number of carbonyl (C=O) groups excluding carboxylic acids is 1. The number of aliphatic hydroxyl groups excluding tert-OH is 3. The predicted octanol–water partition coefficient (Wildman–Crippen LogP) is 1.92. The standard InChI is InChI=1S/C29H36F3N5O7/c1-29(2,3)23-11-16(34-44-23)10-21-28(42-14-24(40)36-6-4-17(39)5-7-36)26(27(41)22(13-38)43-21)37-12-20(33-35-37)15-8-18(30)25(32)19(31)9-15/h8-9,11-12,17,21-22,26-28,38-39,41H,4-7,10,13-14H2,1-3H3/t21-,22-,26+,27+,28+/m1/s1. The number of nitrogens with zero attached hydrogens (tertiary/aromatic N) is 5. The van der Waals surface area contributed by atoms with E-state index in [-0.39, 0.29) is 29.0 Å². The highest BCUT2D eigenvalue weighted by Gasteiger charge is 2.48. The van der Waals surface area contributed by atoms with Crippen molar-refractivity contribution in [2.24, 2.45) is 0 Å². The number of likely N-dealkylation sites (tertiary alicyclic amines) is 1. The van der Waals surface area contributed by atoms with Crippen LogP contribution in [-0.4, -0.2) is 103 Å². The highest BCUT2D eigenvalue weighted by Crippen LogP contribution is 2.35. The second kappa shape index (κ2) is 12.9. The van der Waals surface area contributed by atoms with Crippen molar-refractivity contribution in [2.75, 3.05) is 26.3 Å². The average molecular weight is 624 g/mol. The molecule has 2 fully saturated rings. The molecule has 0 unspecified atom stereocenters. The van der Waals surface area contributed by atoms with Gasteiger partial charge in [-0.05, 0) is 25.0 Å². The van der Waals surface area contributed by atoms with E-state index in [1.807, 2.05) is 20.8 Å². The van der Waals surface area contributed by atoms with Gasteiger partial charge in [-0.1, -0.05) is 31.1 Å². The van der Waals surface area contributed by atoms with Crippen LogP contribution in [0, 0.1) is 17.5 Å². The van der Waals surface area contributed by atoms with Gasteiger partial charge in [-0.2, -0.15) is 0 Å². The molecule has 0 bridgehead atoms. The summed E-state index contributed by atoms with van der Waals surface area (Å²) in [5.74, 6) is -4.15. The van der Waals surface area contributed by atoms with Crippen molar-refractivity contribution in [1.29, 1.82) is 0 Å². The van der Waals surface area contributed by atoms with Gasteiger partial charge in [0.05, 0.1) is 30.7 Å². The van der Waals surface area contributed by atoms with Crippen LogP contribution in [0.4, 0.5) is 13.2 Å². The summed E-state index contributed by atoms with van der Waals surface area (Å²) in [6.07, 6.45) is -2.63. The number of piperidine rings is 1. The molecule has 3 aromatic rings. The van der Waals surface area contributed by atoms with E-state index in [1.54, 1.807) is 11.0 Å². The van der Waals surface area contributed by atoms with Gasteiger partial charge in [-0.3, -0.25) is 4.79 Å². The molecule has 0 aliphatic carbocycles. The van der Waals surface area contributed by atoms with E-state index >= 15 is 0 Å². The van der Waals surface area contributed by atoms with Gasteiger partial charge in [0.25, 0.3) is 0 Å². The van der Waals surface area contributed by atoms with E-state index < -0.39 is 67.2 Å². The minimum Gasteiger partial charge on any atom is -0.394 e. The minimum atomic E-state index is -1.63. The van der Waals surface area contributed by atoms with Gasteiger partial charge >= 0.3 is 0 Å². The molecule has 3 N–H and O–H groups in total. The zero-order valence-corrected chi connectivity index (χ0v) is 24.6. The highest BCUT2D eigenvalue weighted by atomic mass is 19.2. The first kappa shape index (κ1) is 32.0. The summed E-state index contributed by atoms with van der Waals surface area (Å²) < 4.78 is 60.4. The molecule has 4 heterocycles. The Labute approximate surface area is 251 Å². The Balaban J connectivity index is 1.46. The zero-order chi connectivity index (χ0) is 31.8. The van der Waals surface area contributed by atoms with Gasteiger partial charge in [0, 0.05) is 36.6 Å². The maximum atomic E-state index is 14.0. The normalized spacial score (nSPS) is 25.0. The van der Waals surface area contributed by atoms with Crippen molar-refractivity contribution >= 4 is 5.91 Å². The number of ether oxygens (including phenoxy) is 2. The molecule has 5 rings (SSSR count). The fourth-order valence-corrected chi connectivity index (χ4v) is 5.44. The van der Waals surface area contributed by atoms with Gasteiger partial charge in [-0.15, -0.1) is 5.10 Å². The van der Waals surface area contributed by atoms with Crippen molar-refractivity contribution in [3.63, 3.8) is 0 Å². The third kappa shape index (κ3) is 6.81. The number of hydrogen-bond acceptors (Lipinski definition) is 10. The molecule has 2 aliphatic rings. The molecule has 2 aromatic heterocycles. The fraction of sp³-hybridized carbons (Fsp3) is 0.586. The molecule has 0 saturated carbocycles. The lowest BCUT2D eigenvalue weighted by Gasteiger charge is -2.44. The summed E-state index contributed by atoms with van der Waals surface area (Å²) in [5, 5.41) is 43.4. The first-order valence-electron chi connectivity index (χ1n) is 14.4. The molecule has 1 aromatic carbocycles. The summed E-state index contributed by atoms with van der Waals surface area (Å²) in [6, 6.07) is 2.22. The lowest BCUT2D eigenvalue weighted by molar-refractivity contribution is -0.219. The van der Waals surface area contributed by atoms with Gasteiger partial charge in [-0.25, -0.2) is 17.9 Å². The Morgan fingerprint density at radius 3 is 2.39 bits per heavy atom. The number of aliphatic hydroxyl groups is 3. The van der Waals surface area contributed by atoms with Crippen molar-refractivity contribution in [1.82, 2.24) is 25.1 Å². The Kier molecular flexibility index (Phi) is 9.41. The number of aromatic nitrogens is 4. The van der Waals surface area contributed by atoms with Gasteiger partial charge in [0.2, 0.25) is 5.91 Å². The van der Waals surface area contributed by atoms with E-state index in [2.05, 4.69) is 15.5 Å². The monoisotopic (exact) mass is 623 g/mol. The van der Waals surface area contributed by atoms with Crippen LogP contribution in [0.15, 0.2) is 28.9 Å². The minimum absolute atomic E-state index is 0.0217. The van der Waals surface area contributed by atoms with E-state index in [0.717, 1.165) is 12.1 Å². The van der Waals surface area contributed by atoms with Crippen LogP contribution in [0.1, 0.15) is 51.1 Å². The Morgan fingerprint density at radius 2 is 1.77 bits per heavy atom. The largest absolute Gasteiger partial charge is 0.394 e. The van der Waals surface area contributed by atoms with Crippen molar-refractivity contribution < 1.29 is 47.3 Å². The molecule has 15 heteroatoms. The van der Waals surface area contributed by atoms with E-state index in [9.17, 15) is 33.3 Å². The number of amides is 1. The average Bonchev–Trinajstić information content (AvgIpc) is 3.66. The van der Waals surface area contributed by atoms with Crippen LogP contribution in [0.3, 0.4) is 0 Å². The summed E-state index contributed by atoms with van der Waals surface area (Å²) >= 11 is 0. The molecule has 240 valence electrons. The first-order valence-corrected chi connectivity index (χ1v) is 14.4. The number of benzene rings is 1. The van der Waals surface area contributed by atoms with Crippen LogP contribution in [-0.2, 0) is 26.1 Å². The maximum Gasteiger partial charge on any atom is 0.248 e. The van der Waals surface area contributed by atoms with E-state index in [4.69, 9.17) is 14.0 Å². The van der Waals surface area contributed by atoms with Crippen molar-refractivity contribution in [3.8, 4) is 11.3 Å². The second-order valence-electron chi connectivity index (χ2n) is 12.2. The molecular formula is C29H36F3N5O7. The lowest BCUT2D eigenvalue weighted by atomic mass is 9.89. The SMILES string of the molecule is CC(C)(C)c1cc(C[C@H]2O[C@H](CO)[C@H](O)[C@H](n3cc(-c4cc(F)c(F)c(F)c4)nn3)[C@H]2OCC(=O)N2CCC(O)CC2)no1. The second-order valence-corrected chi connectivity index (χ2v) is 12.2. The third-order valence-electron chi connectivity index (χ3n) is 7.98. The maximum absolute atomic E-state index is 14.0. The molecule has 0 radical (unpaired) electrons. The van der Waals surface area contributed by atoms with Crippen LogP contribution in [0.25, 0.3) is 11.3 Å². The van der Waals surface area contributed by atoms with Crippen LogP contribution in [0.5, 0.6) is 0 Å². The summed E-state index contributed by atoms with van der Waals surface area (Å²) in [6.45, 7) is 5.63. The van der Waals surface area contributed by atoms with Crippen molar-refractivity contribution in [3.05, 3.63) is 53.3 Å². The summed E-state index contributed by atoms with van der Waals surface area (Å²) in [4.78, 5) is 14.6. The van der Waals surface area contributed by atoms with Gasteiger partial charge in [0.1, 0.15) is 42.4 Å². The van der Waals surface area contributed by atoms with Crippen LogP contribution >= 0.6 is 0 Å². The summed E-state index contributed by atoms with van der Waals surface area (Å²) in [5.41, 5.74) is 0.0628. The number of hydrogen-bond donors (Lipinski definition) is 3. The number of rotatable bonds is 8. The van der Waals surface area contributed by atoms with E-state index in [1.165, 1.54) is 10.9 Å². The van der Waals surface area contributed by atoms with Gasteiger partial charge < -0.3 is 34.2 Å². The molecule has 2 saturated heterocycles. The molecule has 12 nitrogen and oxygen atoms in total. The van der Waals surface area contributed by atoms with Crippen molar-refractivity contribution in [2.45, 2.75) is 82.0 Å². The fourth-order valence-electron chi connectivity index (χ4n) is 5.44. The predicted molar refractivity (Wildman–Crippen MR) is 147 cm³/mol. The highest BCUT2D eigenvalue weighted by molar-refractivity contribution is 5.77. The Morgan fingerprint density at radius 1 is 1.09 bits per heavy atom. The molecule has 5 atom stereocenters. The molecule has 44 heavy (non-hydrogen) atoms. The Hall–Kier alpha value is -3.37. The number of halogens is 3. The van der Waals surface area contributed by atoms with E-state index in [0.29, 0.717) is 37.4 Å². The summed E-state index contributed by atoms with van der Waals surface area (Å²) in [7, 11) is 0. The first-order chi connectivity index (χ1) is 20.8. The Bertz CT molecular complexity index is 1430. The molecule has 0 spiro atoms. The molecule has 1 amide bonds. The third-order valence-corrected chi connectivity index (χ3v) is 7.98. The zero-order valence-electron chi connectivity index (χ0n) is 24.6. The quantitative estimate of drug-likeness (QED) is 0.317. The molecular weight excluding hydrogens is 587 g/mol. The number of carbonyl (C=O) groups is 1. The smallest absolute Gasteiger partial charge is 0.248 e.